The van der Waals surface area contributed by atoms with E-state index in [0.717, 1.165) is 57.1 Å². The topological polar surface area (TPSA) is 85.8 Å². The van der Waals surface area contributed by atoms with Crippen LogP contribution >= 0.6 is 11.3 Å². The van der Waals surface area contributed by atoms with E-state index in [4.69, 9.17) is 14.2 Å². The molecule has 0 spiro atoms. The highest BCUT2D eigenvalue weighted by atomic mass is 32.1. The van der Waals surface area contributed by atoms with Gasteiger partial charge in [-0.1, -0.05) is 25.2 Å². The number of hydrogen-bond donors (Lipinski definition) is 1. The van der Waals surface area contributed by atoms with Crippen LogP contribution in [0.25, 0.3) is 0 Å². The van der Waals surface area contributed by atoms with Gasteiger partial charge in [0.2, 0.25) is 11.0 Å². The summed E-state index contributed by atoms with van der Waals surface area (Å²) in [7, 11) is 1.72. The van der Waals surface area contributed by atoms with Crippen LogP contribution < -0.4 is 15.0 Å². The van der Waals surface area contributed by atoms with E-state index < -0.39 is 0 Å². The molecule has 3 aliphatic carbocycles. The van der Waals surface area contributed by atoms with Crippen molar-refractivity contribution >= 4 is 28.2 Å². The summed E-state index contributed by atoms with van der Waals surface area (Å²) in [6.07, 6.45) is 4.14. The Kier molecular flexibility index (Phi) is 5.15. The molecular formula is C22H28N4O4S. The van der Waals surface area contributed by atoms with Crippen LogP contribution in [-0.2, 0) is 14.3 Å². The Balaban J connectivity index is 1.27. The van der Waals surface area contributed by atoms with Gasteiger partial charge in [0.25, 0.3) is 0 Å². The quantitative estimate of drug-likeness (QED) is 0.695. The fourth-order valence-electron chi connectivity index (χ4n) is 4.71. The summed E-state index contributed by atoms with van der Waals surface area (Å²) >= 11 is 1.36. The van der Waals surface area contributed by atoms with Crippen molar-refractivity contribution in [3.05, 3.63) is 24.0 Å². The maximum atomic E-state index is 12.8. The van der Waals surface area contributed by atoms with E-state index in [0.29, 0.717) is 15.9 Å². The average molecular weight is 445 g/mol. The number of thiazole rings is 1. The molecule has 4 fully saturated rings. The number of nitrogens with zero attached hydrogens (tertiary/aromatic N) is 3. The Morgan fingerprint density at radius 1 is 1.26 bits per heavy atom. The minimum absolute atomic E-state index is 0.0403. The van der Waals surface area contributed by atoms with Crippen molar-refractivity contribution in [2.24, 2.45) is 5.41 Å². The van der Waals surface area contributed by atoms with Crippen molar-refractivity contribution < 1.29 is 19.0 Å². The highest BCUT2D eigenvalue weighted by molar-refractivity contribution is 7.17. The molecule has 9 heteroatoms. The molecule has 1 saturated heterocycles. The molecule has 31 heavy (non-hydrogen) atoms. The Morgan fingerprint density at radius 3 is 2.61 bits per heavy atom. The largest absolute Gasteiger partial charge is 0.443 e. The van der Waals surface area contributed by atoms with E-state index in [1.165, 1.54) is 11.3 Å². The third-order valence-electron chi connectivity index (χ3n) is 6.55. The van der Waals surface area contributed by atoms with Crippen LogP contribution in [-0.4, -0.2) is 54.9 Å². The van der Waals surface area contributed by atoms with Gasteiger partial charge in [-0.3, -0.25) is 4.79 Å². The normalized spacial score (nSPS) is 26.9. The number of morpholine rings is 1. The third-order valence-corrected chi connectivity index (χ3v) is 7.42. The van der Waals surface area contributed by atoms with Gasteiger partial charge in [0.1, 0.15) is 11.6 Å². The predicted octanol–water partition coefficient (Wildman–Crippen LogP) is 3.80. The molecule has 166 valence electrons. The second kappa shape index (κ2) is 7.72. The summed E-state index contributed by atoms with van der Waals surface area (Å²) in [5.74, 6) is 1.79. The molecule has 2 aromatic heterocycles. The van der Waals surface area contributed by atoms with Crippen molar-refractivity contribution in [2.75, 3.05) is 43.6 Å². The zero-order chi connectivity index (χ0) is 21.6. The van der Waals surface area contributed by atoms with Gasteiger partial charge in [-0.15, -0.1) is 0 Å². The molecule has 3 saturated carbocycles. The number of hydrogen-bond acceptors (Lipinski definition) is 8. The summed E-state index contributed by atoms with van der Waals surface area (Å²) in [6, 6.07) is 3.89. The standard InChI is InChI=1S/C22H28N4O4S/c1-14(2)17-18(30-15-4-5-16(23-10-15)26-6-8-29-9-7-26)31-20(24-17)25-19(27)21-11-22(12-21,13-21)28-3/h4-5,10,14H,6-9,11-13H2,1-3H3,(H,24,25,27). The van der Waals surface area contributed by atoms with Crippen LogP contribution in [0.1, 0.15) is 44.7 Å². The minimum atomic E-state index is -0.278. The van der Waals surface area contributed by atoms with E-state index in [1.54, 1.807) is 13.3 Å². The van der Waals surface area contributed by atoms with Crippen LogP contribution in [0.15, 0.2) is 18.3 Å². The fourth-order valence-corrected chi connectivity index (χ4v) is 5.70. The first-order valence-corrected chi connectivity index (χ1v) is 11.6. The number of anilines is 2. The van der Waals surface area contributed by atoms with E-state index in [9.17, 15) is 4.79 Å². The monoisotopic (exact) mass is 444 g/mol. The van der Waals surface area contributed by atoms with Gasteiger partial charge in [0.05, 0.1) is 36.1 Å². The molecule has 1 N–H and O–H groups in total. The molecule has 3 heterocycles. The van der Waals surface area contributed by atoms with Crippen LogP contribution in [0, 0.1) is 5.41 Å². The molecule has 0 aromatic carbocycles. The number of carbonyl (C=O) groups is 1. The maximum absolute atomic E-state index is 12.8. The highest BCUT2D eigenvalue weighted by Gasteiger charge is 2.72. The molecule has 2 bridgehead atoms. The van der Waals surface area contributed by atoms with Crippen molar-refractivity contribution in [2.45, 2.75) is 44.6 Å². The predicted molar refractivity (Wildman–Crippen MR) is 118 cm³/mol. The SMILES string of the molecule is COC12CC(C(=O)Nc3nc(C(C)C)c(Oc4ccc(N5CCOCC5)nc4)s3)(C1)C2. The van der Waals surface area contributed by atoms with E-state index in [-0.39, 0.29) is 22.8 Å². The number of aromatic nitrogens is 2. The number of rotatable bonds is 7. The highest BCUT2D eigenvalue weighted by Crippen LogP contribution is 2.69. The zero-order valence-corrected chi connectivity index (χ0v) is 19.0. The van der Waals surface area contributed by atoms with E-state index in [1.807, 2.05) is 12.1 Å². The van der Waals surface area contributed by atoms with Crippen molar-refractivity contribution in [1.82, 2.24) is 9.97 Å². The summed E-state index contributed by atoms with van der Waals surface area (Å²) in [5, 5.41) is 4.29. The number of ether oxygens (including phenoxy) is 3. The number of nitrogens with one attached hydrogen (secondary N) is 1. The zero-order valence-electron chi connectivity index (χ0n) is 18.1. The third kappa shape index (κ3) is 3.68. The lowest BCUT2D eigenvalue weighted by atomic mass is 9.41. The van der Waals surface area contributed by atoms with Crippen LogP contribution in [0.3, 0.4) is 0 Å². The van der Waals surface area contributed by atoms with Gasteiger partial charge >= 0.3 is 0 Å². The minimum Gasteiger partial charge on any atom is -0.443 e. The average Bonchev–Trinajstić information content (AvgIpc) is 3.10. The lowest BCUT2D eigenvalue weighted by Crippen LogP contribution is -2.72. The van der Waals surface area contributed by atoms with Crippen molar-refractivity contribution in [3.63, 3.8) is 0 Å². The van der Waals surface area contributed by atoms with Gasteiger partial charge in [-0.25, -0.2) is 9.97 Å². The van der Waals surface area contributed by atoms with Crippen molar-refractivity contribution in [1.29, 1.82) is 0 Å². The number of pyridine rings is 1. The van der Waals surface area contributed by atoms with Gasteiger partial charge in [0, 0.05) is 26.1 Å². The fraction of sp³-hybridized carbons (Fsp3) is 0.591. The van der Waals surface area contributed by atoms with Gasteiger partial charge < -0.3 is 24.4 Å². The lowest BCUT2D eigenvalue weighted by Gasteiger charge is -2.67. The van der Waals surface area contributed by atoms with E-state index >= 15 is 0 Å². The summed E-state index contributed by atoms with van der Waals surface area (Å²) < 4.78 is 17.0. The Bertz CT molecular complexity index is 949. The van der Waals surface area contributed by atoms with Crippen molar-refractivity contribution in [3.8, 4) is 10.8 Å². The first-order valence-electron chi connectivity index (χ1n) is 10.8. The van der Waals surface area contributed by atoms with Gasteiger partial charge in [-0.2, -0.15) is 0 Å². The van der Waals surface area contributed by atoms with Crippen LogP contribution in [0.4, 0.5) is 10.9 Å². The molecule has 6 rings (SSSR count). The summed E-state index contributed by atoms with van der Waals surface area (Å²) in [5.41, 5.74) is 0.501. The van der Waals surface area contributed by atoms with Crippen LogP contribution in [0.2, 0.25) is 0 Å². The van der Waals surface area contributed by atoms with E-state index in [2.05, 4.69) is 34.0 Å². The maximum Gasteiger partial charge on any atom is 0.232 e. The molecule has 0 unspecified atom stereocenters. The Labute approximate surface area is 185 Å². The molecule has 1 amide bonds. The van der Waals surface area contributed by atoms with Gasteiger partial charge in [0.15, 0.2) is 5.13 Å². The number of methoxy groups -OCH3 is 1. The van der Waals surface area contributed by atoms with Gasteiger partial charge in [-0.05, 0) is 31.4 Å². The summed E-state index contributed by atoms with van der Waals surface area (Å²) in [4.78, 5) is 24.2. The Hall–Kier alpha value is -2.23. The first kappa shape index (κ1) is 20.7. The molecule has 0 radical (unpaired) electrons. The smallest absolute Gasteiger partial charge is 0.232 e. The molecular weight excluding hydrogens is 416 g/mol. The molecule has 8 nitrogen and oxygen atoms in total. The Morgan fingerprint density at radius 2 is 2.00 bits per heavy atom. The molecule has 1 aliphatic heterocycles. The molecule has 2 aromatic rings. The summed E-state index contributed by atoms with van der Waals surface area (Å²) in [6.45, 7) is 7.26. The number of carbonyl (C=O) groups excluding carboxylic acids is 1. The lowest BCUT2D eigenvalue weighted by molar-refractivity contribution is -0.260. The second-order valence-electron chi connectivity index (χ2n) is 9.05. The first-order chi connectivity index (χ1) is 14.9. The molecule has 4 aliphatic rings. The van der Waals surface area contributed by atoms with Crippen LogP contribution in [0.5, 0.6) is 10.8 Å². The number of amides is 1. The molecule has 0 atom stereocenters. The second-order valence-corrected chi connectivity index (χ2v) is 10.0.